The van der Waals surface area contributed by atoms with Crippen LogP contribution in [0.4, 0.5) is 0 Å². The largest absolute Gasteiger partial charge is 0.493 e. The van der Waals surface area contributed by atoms with Gasteiger partial charge in [-0.05, 0) is 31.9 Å². The van der Waals surface area contributed by atoms with Crippen molar-refractivity contribution in [2.24, 2.45) is 0 Å². The molecule has 2 rings (SSSR count). The van der Waals surface area contributed by atoms with Gasteiger partial charge in [-0.3, -0.25) is 9.59 Å². The maximum atomic E-state index is 12.1. The molecule has 0 atom stereocenters. The van der Waals surface area contributed by atoms with Gasteiger partial charge in [0.2, 0.25) is 5.91 Å². The summed E-state index contributed by atoms with van der Waals surface area (Å²) in [5, 5.41) is 2.94. The molecule has 0 aliphatic carbocycles. The second kappa shape index (κ2) is 9.79. The summed E-state index contributed by atoms with van der Waals surface area (Å²) in [5.41, 5.74) is 0. The zero-order valence-electron chi connectivity index (χ0n) is 15.3. The van der Waals surface area contributed by atoms with Crippen molar-refractivity contribution >= 4 is 17.6 Å². The number of carbonyl (C=O) groups excluding carboxylic acids is 3. The quantitative estimate of drug-likeness (QED) is 0.758. The minimum absolute atomic E-state index is 0.00415. The summed E-state index contributed by atoms with van der Waals surface area (Å²) in [6, 6.07) is 7.19. The van der Waals surface area contributed by atoms with Crippen LogP contribution in [0.3, 0.4) is 0 Å². The molecule has 1 aliphatic heterocycles. The number of hydrogen-bond acceptors (Lipinski definition) is 5. The van der Waals surface area contributed by atoms with E-state index < -0.39 is 0 Å². The third kappa shape index (κ3) is 6.06. The van der Waals surface area contributed by atoms with E-state index in [1.807, 2.05) is 12.1 Å². The standard InChI is InChI=1S/C19H26N2O5/c1-14(22)7-8-19(24)21-11-9-15(10-12-21)20-18(23)13-26-17-6-4-3-5-16(17)25-2/h3-6,15H,7-13H2,1-2H3,(H,20,23). The predicted molar refractivity (Wildman–Crippen MR) is 96.1 cm³/mol. The molecule has 26 heavy (non-hydrogen) atoms. The lowest BCUT2D eigenvalue weighted by Gasteiger charge is -2.32. The number of nitrogens with zero attached hydrogens (tertiary/aromatic N) is 1. The topological polar surface area (TPSA) is 84.9 Å². The fraction of sp³-hybridized carbons (Fsp3) is 0.526. The van der Waals surface area contributed by atoms with Gasteiger partial charge in [0.15, 0.2) is 18.1 Å². The van der Waals surface area contributed by atoms with Gasteiger partial charge in [0.1, 0.15) is 5.78 Å². The molecule has 7 nitrogen and oxygen atoms in total. The lowest BCUT2D eigenvalue weighted by atomic mass is 10.0. The monoisotopic (exact) mass is 362 g/mol. The fourth-order valence-electron chi connectivity index (χ4n) is 2.86. The first-order valence-electron chi connectivity index (χ1n) is 8.82. The van der Waals surface area contributed by atoms with Gasteiger partial charge in [-0.15, -0.1) is 0 Å². The molecule has 1 aromatic carbocycles. The highest BCUT2D eigenvalue weighted by atomic mass is 16.5. The van der Waals surface area contributed by atoms with Crippen molar-refractivity contribution in [3.63, 3.8) is 0 Å². The van der Waals surface area contributed by atoms with Crippen molar-refractivity contribution < 1.29 is 23.9 Å². The maximum Gasteiger partial charge on any atom is 0.258 e. The molecule has 1 heterocycles. The van der Waals surface area contributed by atoms with Crippen molar-refractivity contribution in [2.45, 2.75) is 38.6 Å². The molecule has 0 spiro atoms. The van der Waals surface area contributed by atoms with E-state index in [0.717, 1.165) is 0 Å². The summed E-state index contributed by atoms with van der Waals surface area (Å²) in [7, 11) is 1.55. The van der Waals surface area contributed by atoms with E-state index in [-0.39, 0.29) is 43.1 Å². The Morgan fingerprint density at radius 2 is 1.77 bits per heavy atom. The molecule has 1 fully saturated rings. The van der Waals surface area contributed by atoms with Crippen molar-refractivity contribution in [3.8, 4) is 11.5 Å². The van der Waals surface area contributed by atoms with Crippen molar-refractivity contribution in [1.82, 2.24) is 10.2 Å². The van der Waals surface area contributed by atoms with Gasteiger partial charge in [0.05, 0.1) is 7.11 Å². The number of likely N-dealkylation sites (tertiary alicyclic amines) is 1. The molecule has 142 valence electrons. The smallest absolute Gasteiger partial charge is 0.258 e. The normalized spacial score (nSPS) is 14.6. The number of benzene rings is 1. The number of methoxy groups -OCH3 is 1. The van der Waals surface area contributed by atoms with Gasteiger partial charge < -0.3 is 24.5 Å². The van der Waals surface area contributed by atoms with Gasteiger partial charge in [0.25, 0.3) is 5.91 Å². The van der Waals surface area contributed by atoms with E-state index in [0.29, 0.717) is 37.4 Å². The van der Waals surface area contributed by atoms with E-state index in [4.69, 9.17) is 9.47 Å². The molecule has 1 saturated heterocycles. The molecule has 2 amide bonds. The number of ketones is 1. The molecule has 1 aromatic rings. The Bertz CT molecular complexity index is 639. The second-order valence-corrected chi connectivity index (χ2v) is 6.36. The van der Waals surface area contributed by atoms with Gasteiger partial charge in [-0.25, -0.2) is 0 Å². The van der Waals surface area contributed by atoms with Crippen LogP contribution in [-0.4, -0.2) is 55.3 Å². The minimum atomic E-state index is -0.197. The van der Waals surface area contributed by atoms with Crippen LogP contribution in [0.5, 0.6) is 11.5 Å². The number of hydrogen-bond donors (Lipinski definition) is 1. The molecular formula is C19H26N2O5. The van der Waals surface area contributed by atoms with E-state index >= 15 is 0 Å². The first-order valence-corrected chi connectivity index (χ1v) is 8.82. The average molecular weight is 362 g/mol. The fourth-order valence-corrected chi connectivity index (χ4v) is 2.86. The summed E-state index contributed by atoms with van der Waals surface area (Å²) in [6.45, 7) is 2.59. The van der Waals surface area contributed by atoms with Gasteiger partial charge in [0, 0.05) is 32.0 Å². The zero-order valence-corrected chi connectivity index (χ0v) is 15.3. The lowest BCUT2D eigenvalue weighted by Crippen LogP contribution is -2.47. The van der Waals surface area contributed by atoms with Crippen molar-refractivity contribution in [3.05, 3.63) is 24.3 Å². The molecule has 0 saturated carbocycles. The van der Waals surface area contributed by atoms with E-state index in [9.17, 15) is 14.4 Å². The highest BCUT2D eigenvalue weighted by Crippen LogP contribution is 2.25. The van der Waals surface area contributed by atoms with Crippen LogP contribution < -0.4 is 14.8 Å². The van der Waals surface area contributed by atoms with Crippen LogP contribution >= 0.6 is 0 Å². The Morgan fingerprint density at radius 1 is 1.12 bits per heavy atom. The number of ether oxygens (including phenoxy) is 2. The molecule has 0 unspecified atom stereocenters. The summed E-state index contributed by atoms with van der Waals surface area (Å²) in [5.74, 6) is 0.936. The third-order valence-corrected chi connectivity index (χ3v) is 4.33. The Morgan fingerprint density at radius 3 is 2.38 bits per heavy atom. The molecule has 0 aromatic heterocycles. The Kier molecular flexibility index (Phi) is 7.44. The number of rotatable bonds is 8. The van der Waals surface area contributed by atoms with Gasteiger partial charge in [-0.2, -0.15) is 0 Å². The number of amides is 2. The zero-order chi connectivity index (χ0) is 18.9. The average Bonchev–Trinajstić information content (AvgIpc) is 2.65. The number of piperidine rings is 1. The van der Waals surface area contributed by atoms with Gasteiger partial charge >= 0.3 is 0 Å². The van der Waals surface area contributed by atoms with Crippen molar-refractivity contribution in [2.75, 3.05) is 26.8 Å². The number of nitrogens with one attached hydrogen (secondary N) is 1. The molecule has 0 radical (unpaired) electrons. The van der Waals surface area contributed by atoms with Crippen LogP contribution in [0.2, 0.25) is 0 Å². The molecule has 0 bridgehead atoms. The molecule has 1 aliphatic rings. The SMILES string of the molecule is COc1ccccc1OCC(=O)NC1CCN(C(=O)CCC(C)=O)CC1. The minimum Gasteiger partial charge on any atom is -0.493 e. The second-order valence-electron chi connectivity index (χ2n) is 6.36. The lowest BCUT2D eigenvalue weighted by molar-refractivity contribution is -0.134. The van der Waals surface area contributed by atoms with E-state index in [2.05, 4.69) is 5.32 Å². The summed E-state index contributed by atoms with van der Waals surface area (Å²) < 4.78 is 10.7. The molecule has 1 N–H and O–H groups in total. The van der Waals surface area contributed by atoms with Crippen LogP contribution in [0.25, 0.3) is 0 Å². The Balaban J connectivity index is 1.71. The van der Waals surface area contributed by atoms with Crippen LogP contribution in [-0.2, 0) is 14.4 Å². The summed E-state index contributed by atoms with van der Waals surface area (Å²) >= 11 is 0. The number of carbonyl (C=O) groups is 3. The maximum absolute atomic E-state index is 12.1. The van der Waals surface area contributed by atoms with Crippen LogP contribution in [0.1, 0.15) is 32.6 Å². The Hall–Kier alpha value is -2.57. The highest BCUT2D eigenvalue weighted by molar-refractivity contribution is 5.83. The summed E-state index contributed by atoms with van der Waals surface area (Å²) in [6.07, 6.45) is 1.95. The van der Waals surface area contributed by atoms with E-state index in [1.54, 1.807) is 24.1 Å². The highest BCUT2D eigenvalue weighted by Gasteiger charge is 2.24. The van der Waals surface area contributed by atoms with Crippen LogP contribution in [0, 0.1) is 0 Å². The predicted octanol–water partition coefficient (Wildman–Crippen LogP) is 1.55. The number of para-hydroxylation sites is 2. The first-order chi connectivity index (χ1) is 12.5. The molecular weight excluding hydrogens is 336 g/mol. The number of Topliss-reactive ketones (excluding diaryl/α,β-unsaturated/α-hetero) is 1. The third-order valence-electron chi connectivity index (χ3n) is 4.33. The van der Waals surface area contributed by atoms with Gasteiger partial charge in [-0.1, -0.05) is 12.1 Å². The molecule has 7 heteroatoms. The van der Waals surface area contributed by atoms with E-state index in [1.165, 1.54) is 6.92 Å². The van der Waals surface area contributed by atoms with Crippen LogP contribution in [0.15, 0.2) is 24.3 Å². The summed E-state index contributed by atoms with van der Waals surface area (Å²) in [4.78, 5) is 36.8. The van der Waals surface area contributed by atoms with Crippen molar-refractivity contribution in [1.29, 1.82) is 0 Å². The Labute approximate surface area is 153 Å². The first kappa shape index (κ1) is 19.8.